The van der Waals surface area contributed by atoms with E-state index in [1.165, 1.54) is 0 Å². The van der Waals surface area contributed by atoms with Crippen LogP contribution in [0.25, 0.3) is 0 Å². The lowest BCUT2D eigenvalue weighted by atomic mass is 10.2. The van der Waals surface area contributed by atoms with Crippen molar-refractivity contribution in [3.05, 3.63) is 35.9 Å². The monoisotopic (exact) mass is 333 g/mol. The molecule has 0 heterocycles. The molecule has 0 radical (unpaired) electrons. The molecule has 4 heteroatoms. The minimum absolute atomic E-state index is 0.0551. The van der Waals surface area contributed by atoms with Gasteiger partial charge in [-0.15, -0.1) is 0 Å². The summed E-state index contributed by atoms with van der Waals surface area (Å²) in [4.78, 5) is 14.0. The molecule has 1 atom stereocenters. The molecule has 1 amide bonds. The fourth-order valence-electron chi connectivity index (χ4n) is 1.44. The lowest BCUT2D eigenvalue weighted by Gasteiger charge is -2.26. The molecule has 0 bridgehead atoms. The number of carbonyl (C=O) groups excluding carboxylic acids is 1. The average Bonchev–Trinajstić information content (AvgIpc) is 2.31. The number of methoxy groups -OCH3 is 1. The lowest BCUT2D eigenvalue weighted by molar-refractivity contribution is 0.0687. The highest BCUT2D eigenvalue weighted by Gasteiger charge is 2.20. The maximum absolute atomic E-state index is 12.2. The second-order valence-corrected chi connectivity index (χ2v) is 4.78. The van der Waals surface area contributed by atoms with Crippen molar-refractivity contribution in [3.63, 3.8) is 0 Å². The molecular formula is C12H16INO2. The zero-order valence-corrected chi connectivity index (χ0v) is 11.7. The first-order valence-corrected chi connectivity index (χ1v) is 6.44. The van der Waals surface area contributed by atoms with Crippen molar-refractivity contribution < 1.29 is 9.53 Å². The molecule has 0 saturated heterocycles. The molecule has 0 spiro atoms. The number of nitrogens with zero attached hydrogens (tertiary/aromatic N) is 1. The van der Waals surface area contributed by atoms with Crippen molar-refractivity contribution in [2.75, 3.05) is 20.3 Å². The molecule has 16 heavy (non-hydrogen) atoms. The van der Waals surface area contributed by atoms with E-state index < -0.39 is 0 Å². The largest absolute Gasteiger partial charge is 0.382 e. The molecule has 1 unspecified atom stereocenters. The first-order chi connectivity index (χ1) is 7.70. The quantitative estimate of drug-likeness (QED) is 0.471. The molecule has 0 aromatic heterocycles. The molecule has 0 aliphatic heterocycles. The SMILES string of the molecule is CCN(C(=O)c1ccccc1)C(I)COC. The van der Waals surface area contributed by atoms with Crippen molar-refractivity contribution in [3.8, 4) is 0 Å². The van der Waals surface area contributed by atoms with Crippen LogP contribution in [0.4, 0.5) is 0 Å². The number of likely N-dealkylation sites (N-methyl/N-ethyl adjacent to an activating group) is 1. The van der Waals surface area contributed by atoms with Gasteiger partial charge in [0.05, 0.1) is 6.61 Å². The van der Waals surface area contributed by atoms with Crippen LogP contribution in [0.3, 0.4) is 0 Å². The molecule has 3 nitrogen and oxygen atoms in total. The fraction of sp³-hybridized carbons (Fsp3) is 0.417. The number of amides is 1. The Hall–Kier alpha value is -0.620. The second-order valence-electron chi connectivity index (χ2n) is 3.35. The minimum atomic E-state index is 0.0551. The number of halogens is 1. The summed E-state index contributed by atoms with van der Waals surface area (Å²) in [6, 6.07) is 9.32. The highest BCUT2D eigenvalue weighted by Crippen LogP contribution is 2.13. The molecule has 0 aliphatic rings. The van der Waals surface area contributed by atoms with E-state index in [-0.39, 0.29) is 9.96 Å². The number of alkyl halides is 1. The first kappa shape index (κ1) is 13.4. The van der Waals surface area contributed by atoms with Crippen molar-refractivity contribution >= 4 is 28.5 Å². The molecule has 0 N–H and O–H groups in total. The minimum Gasteiger partial charge on any atom is -0.382 e. The third kappa shape index (κ3) is 3.45. The Labute approximate surface area is 110 Å². The summed E-state index contributed by atoms with van der Waals surface area (Å²) in [6.07, 6.45) is 0. The third-order valence-corrected chi connectivity index (χ3v) is 3.30. The summed E-state index contributed by atoms with van der Waals surface area (Å²) < 4.78 is 5.14. The summed E-state index contributed by atoms with van der Waals surface area (Å²) >= 11 is 2.23. The van der Waals surface area contributed by atoms with Gasteiger partial charge in [0.15, 0.2) is 0 Å². The van der Waals surface area contributed by atoms with Crippen molar-refractivity contribution in [1.29, 1.82) is 0 Å². The zero-order chi connectivity index (χ0) is 12.0. The molecule has 1 rings (SSSR count). The van der Waals surface area contributed by atoms with Gasteiger partial charge in [-0.1, -0.05) is 40.8 Å². The molecule has 0 saturated carbocycles. The standard InChI is InChI=1S/C12H16INO2/c1-3-14(11(13)9-16-2)12(15)10-7-5-4-6-8-10/h4-8,11H,3,9H2,1-2H3. The van der Waals surface area contributed by atoms with E-state index >= 15 is 0 Å². The Morgan fingerprint density at radius 1 is 1.44 bits per heavy atom. The van der Waals surface area contributed by atoms with Crippen LogP contribution in [0.1, 0.15) is 17.3 Å². The summed E-state index contributed by atoms with van der Waals surface area (Å²) in [6.45, 7) is 3.21. The number of hydrogen-bond donors (Lipinski definition) is 0. The van der Waals surface area contributed by atoms with Crippen LogP contribution < -0.4 is 0 Å². The van der Waals surface area contributed by atoms with Gasteiger partial charge in [0.1, 0.15) is 4.05 Å². The predicted octanol–water partition coefficient (Wildman–Crippen LogP) is 2.56. The predicted molar refractivity (Wildman–Crippen MR) is 72.8 cm³/mol. The van der Waals surface area contributed by atoms with Crippen LogP contribution in [-0.4, -0.2) is 35.1 Å². The smallest absolute Gasteiger partial charge is 0.254 e. The van der Waals surface area contributed by atoms with Crippen molar-refractivity contribution in [2.45, 2.75) is 11.0 Å². The van der Waals surface area contributed by atoms with Crippen LogP contribution in [0.2, 0.25) is 0 Å². The van der Waals surface area contributed by atoms with Gasteiger partial charge >= 0.3 is 0 Å². The molecule has 0 fully saturated rings. The van der Waals surface area contributed by atoms with E-state index in [0.717, 1.165) is 5.56 Å². The Morgan fingerprint density at radius 2 is 2.06 bits per heavy atom. The maximum atomic E-state index is 12.2. The molecule has 0 aliphatic carbocycles. The Morgan fingerprint density at radius 3 is 2.56 bits per heavy atom. The van der Waals surface area contributed by atoms with E-state index in [1.807, 2.05) is 37.3 Å². The van der Waals surface area contributed by atoms with Gasteiger partial charge in [0.2, 0.25) is 0 Å². The molecule has 1 aromatic carbocycles. The van der Waals surface area contributed by atoms with Gasteiger partial charge < -0.3 is 9.64 Å². The number of carbonyl (C=O) groups is 1. The van der Waals surface area contributed by atoms with Crippen molar-refractivity contribution in [2.24, 2.45) is 0 Å². The van der Waals surface area contributed by atoms with E-state index in [2.05, 4.69) is 22.6 Å². The van der Waals surface area contributed by atoms with Crippen molar-refractivity contribution in [1.82, 2.24) is 4.90 Å². The first-order valence-electron chi connectivity index (χ1n) is 5.19. The van der Waals surface area contributed by atoms with E-state index in [0.29, 0.717) is 13.2 Å². The van der Waals surface area contributed by atoms with Crippen LogP contribution in [0, 0.1) is 0 Å². The van der Waals surface area contributed by atoms with Crippen LogP contribution in [0.15, 0.2) is 30.3 Å². The number of hydrogen-bond acceptors (Lipinski definition) is 2. The van der Waals surface area contributed by atoms with E-state index in [4.69, 9.17) is 4.74 Å². The topological polar surface area (TPSA) is 29.5 Å². The fourth-order valence-corrected chi connectivity index (χ4v) is 2.45. The third-order valence-electron chi connectivity index (χ3n) is 2.26. The normalized spacial score (nSPS) is 12.2. The van der Waals surface area contributed by atoms with Gasteiger partial charge in [-0.25, -0.2) is 0 Å². The second kappa shape index (κ2) is 6.85. The Balaban J connectivity index is 2.77. The Kier molecular flexibility index (Phi) is 5.76. The highest BCUT2D eigenvalue weighted by atomic mass is 127. The van der Waals surface area contributed by atoms with Gasteiger partial charge in [-0.3, -0.25) is 4.79 Å². The van der Waals surface area contributed by atoms with Gasteiger partial charge in [0, 0.05) is 19.2 Å². The van der Waals surface area contributed by atoms with E-state index in [1.54, 1.807) is 12.0 Å². The molecular weight excluding hydrogens is 317 g/mol. The van der Waals surface area contributed by atoms with Gasteiger partial charge in [0.25, 0.3) is 5.91 Å². The summed E-state index contributed by atoms with van der Waals surface area (Å²) in [7, 11) is 1.65. The molecule has 88 valence electrons. The number of ether oxygens (including phenoxy) is 1. The van der Waals surface area contributed by atoms with Crippen LogP contribution in [-0.2, 0) is 4.74 Å². The Bertz CT molecular complexity index is 329. The number of rotatable bonds is 5. The average molecular weight is 333 g/mol. The lowest BCUT2D eigenvalue weighted by Crippen LogP contribution is -2.39. The highest BCUT2D eigenvalue weighted by molar-refractivity contribution is 14.1. The summed E-state index contributed by atoms with van der Waals surface area (Å²) in [5.74, 6) is 0.0551. The van der Waals surface area contributed by atoms with Crippen LogP contribution in [0.5, 0.6) is 0 Å². The van der Waals surface area contributed by atoms with Crippen LogP contribution >= 0.6 is 22.6 Å². The number of benzene rings is 1. The summed E-state index contributed by atoms with van der Waals surface area (Å²) in [5.41, 5.74) is 0.724. The van der Waals surface area contributed by atoms with Gasteiger partial charge in [-0.2, -0.15) is 0 Å². The molecule has 1 aromatic rings. The van der Waals surface area contributed by atoms with Gasteiger partial charge in [-0.05, 0) is 19.1 Å². The maximum Gasteiger partial charge on any atom is 0.254 e. The van der Waals surface area contributed by atoms with E-state index in [9.17, 15) is 4.79 Å². The summed E-state index contributed by atoms with van der Waals surface area (Å²) in [5, 5.41) is 0. The zero-order valence-electron chi connectivity index (χ0n) is 9.52.